The van der Waals surface area contributed by atoms with Crippen molar-refractivity contribution >= 4 is 21.3 Å². The molecule has 190 valence electrons. The van der Waals surface area contributed by atoms with E-state index in [2.05, 4.69) is 10.4 Å². The van der Waals surface area contributed by atoms with E-state index in [0.717, 1.165) is 29.3 Å². The Kier molecular flexibility index (Phi) is 5.25. The van der Waals surface area contributed by atoms with Crippen molar-refractivity contribution in [2.24, 2.45) is 5.41 Å². The molecule has 8 nitrogen and oxygen atoms in total. The molecule has 0 aliphatic heterocycles. The number of carbonyl (C=O) groups excluding carboxylic acids is 1. The number of carbonyl (C=O) groups is 1. The molecule has 2 heterocycles. The minimum atomic E-state index is -4.84. The molecule has 3 aliphatic carbocycles. The van der Waals surface area contributed by atoms with Crippen LogP contribution < -0.4 is 10.0 Å². The monoisotopic (exact) mass is 515 g/mol. The smallest absolute Gasteiger partial charge is 0.420 e. The molecule has 2 N–H and O–H groups in total. The number of hydrogen-bond acceptors (Lipinski definition) is 5. The summed E-state index contributed by atoms with van der Waals surface area (Å²) in [6, 6.07) is 2.17. The zero-order valence-corrected chi connectivity index (χ0v) is 19.8. The van der Waals surface area contributed by atoms with Crippen LogP contribution in [0.5, 0.6) is 0 Å². The van der Waals surface area contributed by atoms with E-state index in [1.165, 1.54) is 0 Å². The fourth-order valence-corrected chi connectivity index (χ4v) is 6.31. The maximum Gasteiger partial charge on any atom is 0.420 e. The summed E-state index contributed by atoms with van der Waals surface area (Å²) < 4.78 is 78.6. The minimum Gasteiger partial charge on any atom is -0.618 e. The maximum absolute atomic E-state index is 14.8. The molecule has 2 aromatic rings. The van der Waals surface area contributed by atoms with Gasteiger partial charge in [-0.2, -0.15) is 23.0 Å². The fraction of sp³-hybridized carbons (Fsp3) is 0.591. The molecule has 1 unspecified atom stereocenters. The predicted molar refractivity (Wildman–Crippen MR) is 117 cm³/mol. The molecule has 35 heavy (non-hydrogen) atoms. The Morgan fingerprint density at radius 2 is 2.00 bits per heavy atom. The highest BCUT2D eigenvalue weighted by atomic mass is 32.2. The molecule has 0 radical (unpaired) electrons. The van der Waals surface area contributed by atoms with Crippen LogP contribution in [0.3, 0.4) is 0 Å². The summed E-state index contributed by atoms with van der Waals surface area (Å²) in [7, 11) is -3.46. The lowest BCUT2D eigenvalue weighted by molar-refractivity contribution is -0.646. The third-order valence-corrected chi connectivity index (χ3v) is 8.46. The Balaban J connectivity index is 1.56. The van der Waals surface area contributed by atoms with Crippen LogP contribution in [0.4, 0.5) is 23.2 Å². The van der Waals surface area contributed by atoms with E-state index < -0.39 is 49.2 Å². The number of rotatable bonds is 6. The van der Waals surface area contributed by atoms with E-state index in [1.54, 1.807) is 0 Å². The van der Waals surface area contributed by atoms with E-state index >= 15 is 0 Å². The van der Waals surface area contributed by atoms with E-state index in [9.17, 15) is 31.8 Å². The van der Waals surface area contributed by atoms with Gasteiger partial charge in [0.25, 0.3) is 10.9 Å². The number of pyridine rings is 1. The third kappa shape index (κ3) is 4.38. The Morgan fingerprint density at radius 1 is 1.34 bits per heavy atom. The molecule has 3 aliphatic rings. The number of nitrogens with zero attached hydrogens (tertiary/aromatic N) is 3. The SMILES string of the molecule is CS(=N)(=O)c1cc(NC(=O)c2c(C(F)(F)F)c(C3CC3)nn2CC23CCC(F)(CC2)C3)cc[n+]1[O-]. The lowest BCUT2D eigenvalue weighted by atomic mass is 9.84. The molecule has 0 saturated heterocycles. The summed E-state index contributed by atoms with van der Waals surface area (Å²) in [5.74, 6) is -1.47. The summed E-state index contributed by atoms with van der Waals surface area (Å²) in [5, 5.41) is 18.1. The molecule has 0 aromatic carbocycles. The number of halogens is 4. The second kappa shape index (κ2) is 7.65. The van der Waals surface area contributed by atoms with Crippen LogP contribution in [0, 0.1) is 15.4 Å². The van der Waals surface area contributed by atoms with E-state index in [-0.39, 0.29) is 35.0 Å². The molecule has 5 rings (SSSR count). The van der Waals surface area contributed by atoms with Crippen molar-refractivity contribution in [3.63, 3.8) is 0 Å². The molecular weight excluding hydrogens is 490 g/mol. The van der Waals surface area contributed by atoms with Gasteiger partial charge >= 0.3 is 6.18 Å². The number of hydrogen-bond donors (Lipinski definition) is 2. The number of nitrogens with one attached hydrogen (secondary N) is 2. The van der Waals surface area contributed by atoms with Crippen LogP contribution in [-0.2, 0) is 22.5 Å². The van der Waals surface area contributed by atoms with Gasteiger partial charge in [0.2, 0.25) is 0 Å². The zero-order valence-electron chi connectivity index (χ0n) is 19.0. The second-order valence-electron chi connectivity index (χ2n) is 10.2. The van der Waals surface area contributed by atoms with E-state index in [4.69, 9.17) is 4.78 Å². The summed E-state index contributed by atoms with van der Waals surface area (Å²) in [4.78, 5) is 13.3. The van der Waals surface area contributed by atoms with Crippen LogP contribution in [0.2, 0.25) is 0 Å². The Hall–Kier alpha value is -2.70. The topological polar surface area (TPSA) is 115 Å². The maximum atomic E-state index is 14.8. The minimum absolute atomic E-state index is 0.00726. The van der Waals surface area contributed by atoms with E-state index in [1.807, 2.05) is 0 Å². The van der Waals surface area contributed by atoms with Crippen molar-refractivity contribution in [3.8, 4) is 0 Å². The van der Waals surface area contributed by atoms with Crippen molar-refractivity contribution in [2.75, 3.05) is 11.6 Å². The van der Waals surface area contributed by atoms with Crippen molar-refractivity contribution in [1.29, 1.82) is 4.78 Å². The number of alkyl halides is 4. The van der Waals surface area contributed by atoms with Gasteiger partial charge in [0, 0.05) is 30.9 Å². The zero-order chi connectivity index (χ0) is 25.4. The highest BCUT2D eigenvalue weighted by Crippen LogP contribution is 2.59. The first kappa shape index (κ1) is 24.0. The number of amides is 1. The summed E-state index contributed by atoms with van der Waals surface area (Å²) in [5.41, 5.74) is -3.84. The first-order chi connectivity index (χ1) is 16.2. The van der Waals surface area contributed by atoms with Gasteiger partial charge in [0.1, 0.15) is 26.7 Å². The number of fused-ring (bicyclic) bond motifs is 2. The first-order valence-electron chi connectivity index (χ1n) is 11.4. The average Bonchev–Trinajstić information content (AvgIpc) is 3.33. The summed E-state index contributed by atoms with van der Waals surface area (Å²) in [6.45, 7) is 0.00726. The van der Waals surface area contributed by atoms with Gasteiger partial charge in [-0.25, -0.2) is 13.4 Å². The van der Waals surface area contributed by atoms with Gasteiger partial charge in [-0.05, 0) is 50.4 Å². The van der Waals surface area contributed by atoms with Crippen molar-refractivity contribution in [1.82, 2.24) is 9.78 Å². The molecule has 1 amide bonds. The normalized spacial score (nSPS) is 27.7. The second-order valence-corrected chi connectivity index (χ2v) is 12.3. The Bertz CT molecular complexity index is 1310. The first-order valence-corrected chi connectivity index (χ1v) is 13.3. The van der Waals surface area contributed by atoms with Gasteiger partial charge in [0.05, 0.1) is 11.4 Å². The molecule has 3 saturated carbocycles. The Labute approximate surface area is 199 Å². The van der Waals surface area contributed by atoms with Crippen LogP contribution in [0.1, 0.15) is 72.6 Å². The largest absolute Gasteiger partial charge is 0.618 e. The van der Waals surface area contributed by atoms with Crippen molar-refractivity contribution in [3.05, 3.63) is 40.5 Å². The van der Waals surface area contributed by atoms with Crippen LogP contribution in [0.25, 0.3) is 0 Å². The van der Waals surface area contributed by atoms with Gasteiger partial charge in [-0.15, -0.1) is 0 Å². The van der Waals surface area contributed by atoms with E-state index in [0.29, 0.717) is 38.5 Å². The molecule has 2 bridgehead atoms. The highest BCUT2D eigenvalue weighted by molar-refractivity contribution is 7.91. The standard InChI is InChI=1S/C22H25F4N5O3S/c1-35(27,34)15-10-14(4-9-31(15)33)28-19(32)18-16(22(24,25)26)17(13-2-3-13)29-30(18)12-20-5-7-21(23,11-20)8-6-20/h4,9-10,13,27H,2-3,5-8,11-12H2,1H3,(H,28,32). The van der Waals surface area contributed by atoms with Crippen LogP contribution in [-0.4, -0.2) is 31.8 Å². The fourth-order valence-electron chi connectivity index (χ4n) is 5.55. The predicted octanol–water partition coefficient (Wildman–Crippen LogP) is 4.37. The number of aromatic nitrogens is 3. The molecule has 0 spiro atoms. The molecule has 13 heteroatoms. The molecule has 2 aromatic heterocycles. The van der Waals surface area contributed by atoms with Crippen molar-refractivity contribution < 1.29 is 31.3 Å². The quantitative estimate of drug-likeness (QED) is 0.338. The van der Waals surface area contributed by atoms with Crippen LogP contribution in [0.15, 0.2) is 23.4 Å². The van der Waals surface area contributed by atoms with Gasteiger partial charge < -0.3 is 10.5 Å². The Morgan fingerprint density at radius 3 is 2.51 bits per heavy atom. The third-order valence-electron chi connectivity index (χ3n) is 7.37. The molecule has 1 atom stereocenters. The average molecular weight is 516 g/mol. The number of anilines is 1. The van der Waals surface area contributed by atoms with Gasteiger partial charge in [0.15, 0.2) is 6.20 Å². The van der Waals surface area contributed by atoms with Gasteiger partial charge in [-0.1, -0.05) is 0 Å². The lowest BCUT2D eigenvalue weighted by Gasteiger charge is -2.26. The summed E-state index contributed by atoms with van der Waals surface area (Å²) >= 11 is 0. The summed E-state index contributed by atoms with van der Waals surface area (Å²) in [6.07, 6.45) is 0.168. The molecule has 3 fully saturated rings. The van der Waals surface area contributed by atoms with Crippen LogP contribution >= 0.6 is 0 Å². The van der Waals surface area contributed by atoms with Crippen molar-refractivity contribution in [2.45, 2.75) is 74.3 Å². The lowest BCUT2D eigenvalue weighted by Crippen LogP contribution is -2.33. The highest BCUT2D eigenvalue weighted by Gasteiger charge is 2.56. The molecular formula is C22H25F4N5O3S. The van der Waals surface area contributed by atoms with Gasteiger partial charge in [-0.3, -0.25) is 9.48 Å².